The topological polar surface area (TPSA) is 69.2 Å². The first-order valence-electron chi connectivity index (χ1n) is 9.03. The summed E-state index contributed by atoms with van der Waals surface area (Å²) in [6.45, 7) is 0. The third kappa shape index (κ3) is 5.35. The Morgan fingerprint density at radius 1 is 0.931 bits per heavy atom. The number of carbonyl (C=O) groups is 1. The van der Waals surface area contributed by atoms with Gasteiger partial charge in [0.25, 0.3) is 0 Å². The average molecular weight is 390 g/mol. The van der Waals surface area contributed by atoms with Gasteiger partial charge in [-0.2, -0.15) is 5.10 Å². The minimum absolute atomic E-state index is 0.412. The van der Waals surface area contributed by atoms with Crippen molar-refractivity contribution >= 4 is 17.9 Å². The van der Waals surface area contributed by atoms with Gasteiger partial charge in [0.15, 0.2) is 11.5 Å². The lowest BCUT2D eigenvalue weighted by molar-refractivity contribution is -0.149. The van der Waals surface area contributed by atoms with Crippen LogP contribution in [-0.4, -0.2) is 26.4 Å². The second kappa shape index (κ2) is 9.94. The van der Waals surface area contributed by atoms with Crippen LogP contribution in [0.3, 0.4) is 0 Å². The number of para-hydroxylation sites is 1. The molecule has 0 saturated heterocycles. The predicted octanol–water partition coefficient (Wildman–Crippen LogP) is 4.43. The number of nitrogens with zero attached hydrogens (tertiary/aromatic N) is 1. The fraction of sp³-hybridized carbons (Fsp3) is 0.130. The fourth-order valence-corrected chi connectivity index (χ4v) is 2.67. The molecule has 1 N–H and O–H groups in total. The van der Waals surface area contributed by atoms with Gasteiger partial charge < -0.3 is 14.2 Å². The van der Waals surface area contributed by atoms with E-state index >= 15 is 0 Å². The molecule has 0 heterocycles. The number of benzene rings is 3. The van der Waals surface area contributed by atoms with Crippen LogP contribution in [0.5, 0.6) is 11.5 Å². The summed E-state index contributed by atoms with van der Waals surface area (Å²) in [5.41, 5.74) is 5.30. The summed E-state index contributed by atoms with van der Waals surface area (Å²) >= 11 is 0. The maximum atomic E-state index is 12.3. The molecule has 6 heteroatoms. The smallest absolute Gasteiger partial charge is 0.351 e. The molecule has 6 nitrogen and oxygen atoms in total. The number of ether oxygens (including phenoxy) is 3. The minimum atomic E-state index is -0.912. The Kier molecular flexibility index (Phi) is 6.84. The number of carbonyl (C=O) groups excluding carboxylic acids is 1. The minimum Gasteiger partial charge on any atom is -0.493 e. The van der Waals surface area contributed by atoms with E-state index < -0.39 is 12.1 Å². The molecule has 29 heavy (non-hydrogen) atoms. The number of hydrogen-bond donors (Lipinski definition) is 1. The van der Waals surface area contributed by atoms with Gasteiger partial charge in [-0.25, -0.2) is 4.79 Å². The van der Waals surface area contributed by atoms with Gasteiger partial charge in [0.2, 0.25) is 6.10 Å². The lowest BCUT2D eigenvalue weighted by atomic mass is 10.1. The van der Waals surface area contributed by atoms with Crippen LogP contribution in [0.2, 0.25) is 0 Å². The number of methoxy groups -OCH3 is 2. The molecule has 3 aromatic rings. The molecule has 1 unspecified atom stereocenters. The first-order valence-corrected chi connectivity index (χ1v) is 9.03. The molecule has 0 aromatic heterocycles. The summed E-state index contributed by atoms with van der Waals surface area (Å²) in [5.74, 6) is 0.418. The van der Waals surface area contributed by atoms with E-state index in [1.807, 2.05) is 66.7 Å². The van der Waals surface area contributed by atoms with Gasteiger partial charge in [0.05, 0.1) is 26.1 Å². The van der Waals surface area contributed by atoms with Gasteiger partial charge >= 0.3 is 5.97 Å². The normalized spacial score (nSPS) is 11.7. The van der Waals surface area contributed by atoms with Crippen LogP contribution in [0.1, 0.15) is 17.2 Å². The van der Waals surface area contributed by atoms with Gasteiger partial charge in [-0.05, 0) is 35.9 Å². The van der Waals surface area contributed by atoms with E-state index in [9.17, 15) is 4.79 Å². The van der Waals surface area contributed by atoms with Crippen LogP contribution in [0.15, 0.2) is 84.0 Å². The highest BCUT2D eigenvalue weighted by molar-refractivity contribution is 5.82. The number of hydrogen-bond acceptors (Lipinski definition) is 6. The third-order valence-corrected chi connectivity index (χ3v) is 4.13. The Morgan fingerprint density at radius 3 is 2.28 bits per heavy atom. The van der Waals surface area contributed by atoms with Gasteiger partial charge in [0.1, 0.15) is 0 Å². The van der Waals surface area contributed by atoms with E-state index in [2.05, 4.69) is 10.5 Å². The number of hydrazone groups is 1. The summed E-state index contributed by atoms with van der Waals surface area (Å²) in [6, 6.07) is 24.1. The van der Waals surface area contributed by atoms with E-state index in [0.29, 0.717) is 17.1 Å². The Morgan fingerprint density at radius 2 is 1.62 bits per heavy atom. The molecule has 0 aliphatic rings. The third-order valence-electron chi connectivity index (χ3n) is 4.13. The summed E-state index contributed by atoms with van der Waals surface area (Å²) in [7, 11) is 2.87. The maximum Gasteiger partial charge on any atom is 0.351 e. The number of anilines is 1. The highest BCUT2D eigenvalue weighted by atomic mass is 16.6. The first-order chi connectivity index (χ1) is 14.2. The molecule has 1 atom stereocenters. The van der Waals surface area contributed by atoms with E-state index in [0.717, 1.165) is 11.3 Å². The van der Waals surface area contributed by atoms with Gasteiger partial charge in [0, 0.05) is 5.56 Å². The average Bonchev–Trinajstić information content (AvgIpc) is 2.78. The van der Waals surface area contributed by atoms with Crippen LogP contribution in [-0.2, 0) is 9.53 Å². The number of rotatable bonds is 8. The molecule has 0 saturated carbocycles. The van der Waals surface area contributed by atoms with Crippen LogP contribution in [0, 0.1) is 0 Å². The summed E-state index contributed by atoms with van der Waals surface area (Å²) < 4.78 is 16.3. The zero-order valence-corrected chi connectivity index (χ0v) is 16.2. The largest absolute Gasteiger partial charge is 0.493 e. The molecule has 0 bridgehead atoms. The molecule has 0 aliphatic heterocycles. The first kappa shape index (κ1) is 19.9. The highest BCUT2D eigenvalue weighted by Crippen LogP contribution is 2.32. The van der Waals surface area contributed by atoms with Crippen LogP contribution in [0.25, 0.3) is 0 Å². The highest BCUT2D eigenvalue weighted by Gasteiger charge is 2.24. The molecule has 148 valence electrons. The summed E-state index contributed by atoms with van der Waals surface area (Å²) in [5, 5.41) is 4.23. The van der Waals surface area contributed by atoms with E-state index in [1.54, 1.807) is 25.5 Å². The second-order valence-electron chi connectivity index (χ2n) is 6.08. The molecular weight excluding hydrogens is 368 g/mol. The lowest BCUT2D eigenvalue weighted by Crippen LogP contribution is -2.20. The standard InChI is InChI=1S/C23H22N2O4/c1-27-20-14-13-17(16-24-25-19-11-7-4-8-12-19)15-21(20)29-22(23(26)28-2)18-9-5-3-6-10-18/h3-16,22,25H,1-2H3. The van der Waals surface area contributed by atoms with Gasteiger partial charge in [-0.3, -0.25) is 5.43 Å². The van der Waals surface area contributed by atoms with Crippen molar-refractivity contribution < 1.29 is 19.0 Å². The SMILES string of the molecule is COC(=O)C(Oc1cc(C=NNc2ccccc2)ccc1OC)c1ccccc1. The van der Waals surface area contributed by atoms with Gasteiger partial charge in [-0.15, -0.1) is 0 Å². The van der Waals surface area contributed by atoms with Crippen molar-refractivity contribution in [3.63, 3.8) is 0 Å². The summed E-state index contributed by atoms with van der Waals surface area (Å²) in [4.78, 5) is 12.3. The fourth-order valence-electron chi connectivity index (χ4n) is 2.67. The zero-order valence-electron chi connectivity index (χ0n) is 16.2. The Labute approximate surface area is 169 Å². The van der Waals surface area contributed by atoms with Crippen LogP contribution in [0.4, 0.5) is 5.69 Å². The lowest BCUT2D eigenvalue weighted by Gasteiger charge is -2.19. The number of nitrogens with one attached hydrogen (secondary N) is 1. The molecule has 0 spiro atoms. The molecular formula is C23H22N2O4. The van der Waals surface area contributed by atoms with E-state index in [1.165, 1.54) is 7.11 Å². The monoisotopic (exact) mass is 390 g/mol. The van der Waals surface area contributed by atoms with E-state index in [4.69, 9.17) is 14.2 Å². The molecule has 3 rings (SSSR count). The van der Waals surface area contributed by atoms with Crippen LogP contribution >= 0.6 is 0 Å². The van der Waals surface area contributed by atoms with Crippen molar-refractivity contribution in [2.45, 2.75) is 6.10 Å². The van der Waals surface area contributed by atoms with Crippen molar-refractivity contribution in [1.82, 2.24) is 0 Å². The van der Waals surface area contributed by atoms with Crippen molar-refractivity contribution in [2.75, 3.05) is 19.6 Å². The Bertz CT molecular complexity index is 959. The molecule has 0 aliphatic carbocycles. The molecule has 0 radical (unpaired) electrons. The molecule has 0 amide bonds. The van der Waals surface area contributed by atoms with Crippen molar-refractivity contribution in [1.29, 1.82) is 0 Å². The zero-order chi connectivity index (χ0) is 20.5. The van der Waals surface area contributed by atoms with Gasteiger partial charge in [-0.1, -0.05) is 48.5 Å². The quantitative estimate of drug-likeness (QED) is 0.350. The van der Waals surface area contributed by atoms with Crippen molar-refractivity contribution in [3.05, 3.63) is 90.0 Å². The number of esters is 1. The van der Waals surface area contributed by atoms with Crippen molar-refractivity contribution in [2.24, 2.45) is 5.10 Å². The maximum absolute atomic E-state index is 12.3. The summed E-state index contributed by atoms with van der Waals surface area (Å²) in [6.07, 6.45) is 0.749. The Balaban J connectivity index is 1.83. The second-order valence-corrected chi connectivity index (χ2v) is 6.08. The Hall–Kier alpha value is -3.80. The molecule has 3 aromatic carbocycles. The van der Waals surface area contributed by atoms with E-state index in [-0.39, 0.29) is 0 Å². The van der Waals surface area contributed by atoms with Crippen LogP contribution < -0.4 is 14.9 Å². The van der Waals surface area contributed by atoms with Crippen molar-refractivity contribution in [3.8, 4) is 11.5 Å². The molecule has 0 fully saturated rings. The predicted molar refractivity (Wildman–Crippen MR) is 112 cm³/mol.